The summed E-state index contributed by atoms with van der Waals surface area (Å²) in [7, 11) is 3.46. The van der Waals surface area contributed by atoms with E-state index in [4.69, 9.17) is 4.74 Å². The van der Waals surface area contributed by atoms with Crippen LogP contribution < -0.4 is 5.32 Å². The SMILES string of the molecule is COCC(NC(=O)c1ccc(C)s1)c1ccnn1C. The Bertz CT molecular complexity index is 562. The standard InChI is InChI=1S/C13H17N3O2S/c1-9-4-5-12(19-9)13(17)15-10(8-18-3)11-6-7-14-16(11)2/h4-7,10H,8H2,1-3H3,(H,15,17). The largest absolute Gasteiger partial charge is 0.382 e. The molecule has 2 heterocycles. The van der Waals surface area contributed by atoms with E-state index in [-0.39, 0.29) is 11.9 Å². The number of methoxy groups -OCH3 is 1. The molecule has 0 aliphatic carbocycles. The first-order chi connectivity index (χ1) is 9.11. The topological polar surface area (TPSA) is 56.1 Å². The van der Waals surface area contributed by atoms with Gasteiger partial charge in [0.05, 0.1) is 23.2 Å². The number of nitrogens with zero attached hydrogens (tertiary/aromatic N) is 2. The highest BCUT2D eigenvalue weighted by Gasteiger charge is 2.19. The molecule has 0 aliphatic rings. The van der Waals surface area contributed by atoms with Gasteiger partial charge in [0.25, 0.3) is 5.91 Å². The summed E-state index contributed by atoms with van der Waals surface area (Å²) >= 11 is 1.48. The van der Waals surface area contributed by atoms with Crippen LogP contribution in [0.25, 0.3) is 0 Å². The normalized spacial score (nSPS) is 12.4. The zero-order valence-electron chi connectivity index (χ0n) is 11.2. The molecule has 2 aromatic rings. The average Bonchev–Trinajstić information content (AvgIpc) is 2.97. The fourth-order valence-electron chi connectivity index (χ4n) is 1.88. The van der Waals surface area contributed by atoms with Crippen molar-refractivity contribution in [2.45, 2.75) is 13.0 Å². The summed E-state index contributed by atoms with van der Waals surface area (Å²) in [5.41, 5.74) is 0.920. The Morgan fingerprint density at radius 3 is 2.84 bits per heavy atom. The van der Waals surface area contributed by atoms with Crippen LogP contribution in [0.15, 0.2) is 24.4 Å². The Morgan fingerprint density at radius 2 is 2.32 bits per heavy atom. The van der Waals surface area contributed by atoms with Crippen LogP contribution in [0.1, 0.15) is 26.3 Å². The van der Waals surface area contributed by atoms with Gasteiger partial charge >= 0.3 is 0 Å². The Morgan fingerprint density at radius 1 is 1.53 bits per heavy atom. The third-order valence-corrected chi connectivity index (χ3v) is 3.82. The molecule has 102 valence electrons. The van der Waals surface area contributed by atoms with E-state index in [0.29, 0.717) is 11.5 Å². The van der Waals surface area contributed by atoms with E-state index >= 15 is 0 Å². The molecular weight excluding hydrogens is 262 g/mol. The van der Waals surface area contributed by atoms with Gasteiger partial charge in [-0.2, -0.15) is 5.10 Å². The summed E-state index contributed by atoms with van der Waals surface area (Å²) in [6.07, 6.45) is 1.71. The molecule has 1 N–H and O–H groups in total. The number of thiophene rings is 1. The Labute approximate surface area is 116 Å². The van der Waals surface area contributed by atoms with E-state index in [9.17, 15) is 4.79 Å². The second kappa shape index (κ2) is 5.99. The summed E-state index contributed by atoms with van der Waals surface area (Å²) in [4.78, 5) is 14.0. The number of nitrogens with one attached hydrogen (secondary N) is 1. The van der Waals surface area contributed by atoms with E-state index in [1.54, 1.807) is 18.0 Å². The zero-order valence-corrected chi connectivity index (χ0v) is 12.0. The van der Waals surface area contributed by atoms with Crippen LogP contribution in [0.2, 0.25) is 0 Å². The molecule has 19 heavy (non-hydrogen) atoms. The minimum atomic E-state index is -0.201. The number of rotatable bonds is 5. The van der Waals surface area contributed by atoms with Gasteiger partial charge in [0.2, 0.25) is 0 Å². The van der Waals surface area contributed by atoms with Crippen LogP contribution in [0.3, 0.4) is 0 Å². The van der Waals surface area contributed by atoms with E-state index in [1.165, 1.54) is 11.3 Å². The maximum absolute atomic E-state index is 12.2. The fourth-order valence-corrected chi connectivity index (χ4v) is 2.65. The first kappa shape index (κ1) is 13.8. The van der Waals surface area contributed by atoms with Crippen molar-refractivity contribution >= 4 is 17.2 Å². The number of carbonyl (C=O) groups is 1. The lowest BCUT2D eigenvalue weighted by atomic mass is 10.2. The molecule has 0 fully saturated rings. The van der Waals surface area contributed by atoms with Crippen molar-refractivity contribution in [3.63, 3.8) is 0 Å². The van der Waals surface area contributed by atoms with Gasteiger partial charge in [-0.25, -0.2) is 0 Å². The molecule has 2 aromatic heterocycles. The van der Waals surface area contributed by atoms with E-state index < -0.39 is 0 Å². The van der Waals surface area contributed by atoms with Gasteiger partial charge in [-0.05, 0) is 25.1 Å². The van der Waals surface area contributed by atoms with Gasteiger partial charge in [-0.15, -0.1) is 11.3 Å². The fraction of sp³-hybridized carbons (Fsp3) is 0.385. The molecule has 0 saturated carbocycles. The molecule has 2 rings (SSSR count). The van der Waals surface area contributed by atoms with Crippen LogP contribution in [0.4, 0.5) is 0 Å². The van der Waals surface area contributed by atoms with Crippen molar-refractivity contribution in [3.8, 4) is 0 Å². The van der Waals surface area contributed by atoms with Crippen molar-refractivity contribution in [1.29, 1.82) is 0 Å². The average molecular weight is 279 g/mol. The molecule has 1 atom stereocenters. The maximum atomic E-state index is 12.2. The van der Waals surface area contributed by atoms with Crippen LogP contribution >= 0.6 is 11.3 Å². The lowest BCUT2D eigenvalue weighted by Gasteiger charge is -2.17. The number of aromatic nitrogens is 2. The van der Waals surface area contributed by atoms with E-state index in [2.05, 4.69) is 10.4 Å². The Balaban J connectivity index is 2.13. The highest BCUT2D eigenvalue weighted by molar-refractivity contribution is 7.13. The van der Waals surface area contributed by atoms with Crippen molar-refractivity contribution in [1.82, 2.24) is 15.1 Å². The summed E-state index contributed by atoms with van der Waals surface area (Å²) in [5, 5.41) is 7.09. The molecule has 6 heteroatoms. The Hall–Kier alpha value is -1.66. The number of carbonyl (C=O) groups excluding carboxylic acids is 1. The molecule has 0 aliphatic heterocycles. The number of aryl methyl sites for hydroxylation is 2. The van der Waals surface area contributed by atoms with Gasteiger partial charge in [-0.1, -0.05) is 0 Å². The van der Waals surface area contributed by atoms with E-state index in [1.807, 2.05) is 32.2 Å². The third-order valence-electron chi connectivity index (χ3n) is 2.82. The molecule has 1 amide bonds. The van der Waals surface area contributed by atoms with Crippen molar-refractivity contribution in [3.05, 3.63) is 39.8 Å². The highest BCUT2D eigenvalue weighted by atomic mass is 32.1. The second-order valence-electron chi connectivity index (χ2n) is 4.27. The van der Waals surface area contributed by atoms with Gasteiger partial charge in [-0.3, -0.25) is 9.48 Å². The number of amides is 1. The second-order valence-corrected chi connectivity index (χ2v) is 5.56. The van der Waals surface area contributed by atoms with Crippen LogP contribution in [-0.4, -0.2) is 29.4 Å². The molecule has 5 nitrogen and oxygen atoms in total. The molecule has 0 spiro atoms. The van der Waals surface area contributed by atoms with Crippen LogP contribution in [0, 0.1) is 6.92 Å². The smallest absolute Gasteiger partial charge is 0.261 e. The molecule has 0 saturated heterocycles. The summed E-state index contributed by atoms with van der Waals surface area (Å²) in [5.74, 6) is -0.0821. The van der Waals surface area contributed by atoms with Crippen molar-refractivity contribution in [2.24, 2.45) is 7.05 Å². The van der Waals surface area contributed by atoms with Gasteiger partial charge < -0.3 is 10.1 Å². The first-order valence-corrected chi connectivity index (χ1v) is 6.77. The predicted octanol–water partition coefficient (Wildman–Crippen LogP) is 1.91. The molecule has 0 bridgehead atoms. The minimum absolute atomic E-state index is 0.0821. The summed E-state index contributed by atoms with van der Waals surface area (Å²) in [6, 6.07) is 5.45. The van der Waals surface area contributed by atoms with Crippen LogP contribution in [0.5, 0.6) is 0 Å². The lowest BCUT2D eigenvalue weighted by molar-refractivity contribution is 0.0896. The molecule has 0 aromatic carbocycles. The Kier molecular flexibility index (Phi) is 4.34. The van der Waals surface area contributed by atoms with Gasteiger partial charge in [0, 0.05) is 25.2 Å². The summed E-state index contributed by atoms with van der Waals surface area (Å²) < 4.78 is 6.91. The highest BCUT2D eigenvalue weighted by Crippen LogP contribution is 2.17. The molecular formula is C13H17N3O2S. The van der Waals surface area contributed by atoms with Gasteiger partial charge in [0.1, 0.15) is 0 Å². The van der Waals surface area contributed by atoms with Crippen molar-refractivity contribution < 1.29 is 9.53 Å². The minimum Gasteiger partial charge on any atom is -0.382 e. The quantitative estimate of drug-likeness (QED) is 0.909. The predicted molar refractivity (Wildman–Crippen MR) is 74.3 cm³/mol. The maximum Gasteiger partial charge on any atom is 0.261 e. The zero-order chi connectivity index (χ0) is 13.8. The first-order valence-electron chi connectivity index (χ1n) is 5.96. The lowest BCUT2D eigenvalue weighted by Crippen LogP contribution is -2.32. The number of ether oxygens (including phenoxy) is 1. The summed E-state index contributed by atoms with van der Waals surface area (Å²) in [6.45, 7) is 2.39. The molecule has 0 radical (unpaired) electrons. The van der Waals surface area contributed by atoms with E-state index in [0.717, 1.165) is 10.6 Å². The van der Waals surface area contributed by atoms with Gasteiger partial charge in [0.15, 0.2) is 0 Å². The molecule has 1 unspecified atom stereocenters. The third kappa shape index (κ3) is 3.21. The van der Waals surface area contributed by atoms with Crippen LogP contribution in [-0.2, 0) is 11.8 Å². The number of hydrogen-bond acceptors (Lipinski definition) is 4. The number of hydrogen-bond donors (Lipinski definition) is 1. The van der Waals surface area contributed by atoms with Crippen molar-refractivity contribution in [2.75, 3.05) is 13.7 Å². The monoisotopic (exact) mass is 279 g/mol.